The fourth-order valence-corrected chi connectivity index (χ4v) is 13.3. The van der Waals surface area contributed by atoms with Crippen LogP contribution in [0.4, 0.5) is 0 Å². The van der Waals surface area contributed by atoms with Crippen molar-refractivity contribution in [1.82, 2.24) is 14.1 Å². The van der Waals surface area contributed by atoms with Crippen molar-refractivity contribution in [2.24, 2.45) is 0 Å². The van der Waals surface area contributed by atoms with Crippen molar-refractivity contribution < 1.29 is 9.30 Å². The van der Waals surface area contributed by atoms with Gasteiger partial charge in [0.25, 0.3) is 6.33 Å². The lowest BCUT2D eigenvalue weighted by molar-refractivity contribution is -0.571. The minimum Gasteiger partial charge on any atom is -0.458 e. The van der Waals surface area contributed by atoms with Gasteiger partial charge in [-0.3, -0.25) is 13.7 Å². The van der Waals surface area contributed by atoms with Gasteiger partial charge in [0.15, 0.2) is 0 Å². The Kier molecular flexibility index (Phi) is 12.1. The van der Waals surface area contributed by atoms with Crippen molar-refractivity contribution in [3.05, 3.63) is 321 Å². The molecule has 3 heterocycles. The summed E-state index contributed by atoms with van der Waals surface area (Å²) in [6.07, 6.45) is 5.95. The number of ether oxygens (including phenoxy) is 1. The molecule has 5 heteroatoms. The highest BCUT2D eigenvalue weighted by atomic mass is 16.5. The van der Waals surface area contributed by atoms with E-state index in [1.54, 1.807) is 0 Å². The average molecular weight is 1100 g/mol. The molecule has 0 spiro atoms. The zero-order valence-electron chi connectivity index (χ0n) is 47.6. The fraction of sp³-hybridized carbons (Fsp3) is 0.0370. The molecule has 0 saturated heterocycles. The molecule has 12 aromatic carbocycles. The van der Waals surface area contributed by atoms with Crippen molar-refractivity contribution in [2.75, 3.05) is 0 Å². The Morgan fingerprint density at radius 2 is 0.860 bits per heavy atom. The summed E-state index contributed by atoms with van der Waals surface area (Å²) >= 11 is 0. The first-order chi connectivity index (χ1) is 42.4. The van der Waals surface area contributed by atoms with E-state index < -0.39 is 0 Å². The van der Waals surface area contributed by atoms with E-state index in [9.17, 15) is 0 Å². The van der Waals surface area contributed by atoms with E-state index in [4.69, 9.17) is 9.72 Å². The van der Waals surface area contributed by atoms with Gasteiger partial charge >= 0.3 is 0 Å². The molecule has 5 nitrogen and oxygen atoms in total. The van der Waals surface area contributed by atoms with Gasteiger partial charge in [-0.1, -0.05) is 226 Å². The molecule has 0 bridgehead atoms. The molecule has 0 saturated carbocycles. The van der Waals surface area contributed by atoms with E-state index in [-0.39, 0.29) is 5.41 Å². The number of benzene rings is 12. The van der Waals surface area contributed by atoms with Gasteiger partial charge in [0, 0.05) is 34.0 Å². The van der Waals surface area contributed by atoms with Crippen LogP contribution in [-0.4, -0.2) is 14.1 Å². The molecule has 0 unspecified atom stereocenters. The lowest BCUT2D eigenvalue weighted by atomic mass is 9.83. The second kappa shape index (κ2) is 20.6. The molecule has 3 aromatic heterocycles. The van der Waals surface area contributed by atoms with Gasteiger partial charge in [0.2, 0.25) is 0 Å². The number of para-hydroxylation sites is 4. The molecule has 1 aliphatic rings. The van der Waals surface area contributed by atoms with Crippen LogP contribution in [0.2, 0.25) is 0 Å². The van der Waals surface area contributed by atoms with Crippen LogP contribution in [0.1, 0.15) is 25.0 Å². The van der Waals surface area contributed by atoms with Crippen molar-refractivity contribution in [3.8, 4) is 107 Å². The SMILES string of the molecule is CC1(C)c2ccccc2-c2c1ccnc2-n1c2ccccc2c2ccc(Oc3cccc(-n4[c-][n+](-c5c(-c6cc(-c7ccccc7)cc(-c7ccccc7)c6)cccc5-c5cc(-c6ccccc6)cc(-c6ccccc6)c5)c5ccccc54)c3)cc21. The molecule has 0 amide bonds. The first-order valence-corrected chi connectivity index (χ1v) is 29.4. The largest absolute Gasteiger partial charge is 0.458 e. The van der Waals surface area contributed by atoms with Gasteiger partial charge in [-0.2, -0.15) is 0 Å². The van der Waals surface area contributed by atoms with Gasteiger partial charge < -0.3 is 4.74 Å². The second-order valence-electron chi connectivity index (χ2n) is 22.9. The van der Waals surface area contributed by atoms with Gasteiger partial charge in [-0.25, -0.2) is 4.98 Å². The number of pyridine rings is 1. The van der Waals surface area contributed by atoms with E-state index in [1.165, 1.54) is 22.3 Å². The van der Waals surface area contributed by atoms with Crippen LogP contribution in [0.3, 0.4) is 0 Å². The molecule has 1 aliphatic carbocycles. The zero-order chi connectivity index (χ0) is 57.3. The first-order valence-electron chi connectivity index (χ1n) is 29.4. The Bertz CT molecular complexity index is 4840. The minimum absolute atomic E-state index is 0.169. The number of nitrogens with zero attached hydrogens (tertiary/aromatic N) is 4. The van der Waals surface area contributed by atoms with Crippen LogP contribution in [0.25, 0.3) is 128 Å². The quantitative estimate of drug-likeness (QED) is 0.0956. The number of hydrogen-bond donors (Lipinski definition) is 0. The van der Waals surface area contributed by atoms with E-state index in [0.29, 0.717) is 5.75 Å². The highest BCUT2D eigenvalue weighted by molar-refractivity contribution is 6.10. The normalized spacial score (nSPS) is 12.4. The average Bonchev–Trinajstić information content (AvgIpc) is 1.67. The van der Waals surface area contributed by atoms with Crippen LogP contribution in [0.5, 0.6) is 11.5 Å². The number of hydrogen-bond acceptors (Lipinski definition) is 2. The Labute approximate surface area is 500 Å². The molecule has 0 N–H and O–H groups in total. The third-order valence-electron chi connectivity index (χ3n) is 17.4. The predicted octanol–water partition coefficient (Wildman–Crippen LogP) is 20.3. The lowest BCUT2D eigenvalue weighted by Gasteiger charge is -2.21. The van der Waals surface area contributed by atoms with Crippen LogP contribution >= 0.6 is 0 Å². The summed E-state index contributed by atoms with van der Waals surface area (Å²) in [6.45, 7) is 4.64. The topological polar surface area (TPSA) is 35.9 Å². The maximum Gasteiger partial charge on any atom is 0.269 e. The molecular weight excluding hydrogens is 1040 g/mol. The Balaban J connectivity index is 0.869. The van der Waals surface area contributed by atoms with Crippen LogP contribution < -0.4 is 9.30 Å². The molecule has 0 fully saturated rings. The summed E-state index contributed by atoms with van der Waals surface area (Å²) in [5.41, 5.74) is 24.4. The third-order valence-corrected chi connectivity index (χ3v) is 17.4. The molecule has 0 radical (unpaired) electrons. The first kappa shape index (κ1) is 50.6. The molecular formula is C81H56N4O. The lowest BCUT2D eigenvalue weighted by Crippen LogP contribution is -2.31. The summed E-state index contributed by atoms with van der Waals surface area (Å²) in [5, 5.41) is 2.30. The smallest absolute Gasteiger partial charge is 0.269 e. The standard InChI is InChI=1S/C81H56N4O/c1-81(2)72-37-17-15-34-71(72)78-73(81)43-44-82-80(78)85-74-38-18-16-33-69(74)70-42-41-66(52-77(70)85)86-65-32-21-31-64(51-65)83-53-84(76-40-20-19-39-75(76)83)79-67(62-47-58(54-23-7-3-8-24-54)45-59(48-62)55-25-9-4-10-26-55)35-22-36-68(79)63-49-60(56-27-11-5-12-28-56)46-61(50-63)57-29-13-6-14-30-57/h3-52H,1-2H3. The fourth-order valence-electron chi connectivity index (χ4n) is 13.3. The minimum atomic E-state index is -0.169. The number of imidazole rings is 1. The van der Waals surface area contributed by atoms with Gasteiger partial charge in [-0.15, -0.1) is 0 Å². The van der Waals surface area contributed by atoms with E-state index in [2.05, 4.69) is 325 Å². The highest BCUT2D eigenvalue weighted by Crippen LogP contribution is 2.51. The van der Waals surface area contributed by atoms with Crippen LogP contribution in [0.15, 0.2) is 303 Å². The molecule has 86 heavy (non-hydrogen) atoms. The third kappa shape index (κ3) is 8.62. The maximum atomic E-state index is 7.00. The number of fused-ring (bicyclic) bond motifs is 7. The van der Waals surface area contributed by atoms with E-state index >= 15 is 0 Å². The van der Waals surface area contributed by atoms with Crippen molar-refractivity contribution in [2.45, 2.75) is 19.3 Å². The highest BCUT2D eigenvalue weighted by Gasteiger charge is 2.38. The summed E-state index contributed by atoms with van der Waals surface area (Å²) in [7, 11) is 0. The Morgan fingerprint density at radius 1 is 0.372 bits per heavy atom. The van der Waals surface area contributed by atoms with Gasteiger partial charge in [0.1, 0.15) is 17.3 Å². The van der Waals surface area contributed by atoms with Gasteiger partial charge in [0.05, 0.1) is 33.4 Å². The molecule has 0 atom stereocenters. The summed E-state index contributed by atoms with van der Waals surface area (Å²) in [5.74, 6) is 2.34. The molecule has 0 aliphatic heterocycles. The van der Waals surface area contributed by atoms with Crippen LogP contribution in [0, 0.1) is 6.33 Å². The van der Waals surface area contributed by atoms with Crippen molar-refractivity contribution in [1.29, 1.82) is 0 Å². The van der Waals surface area contributed by atoms with Crippen molar-refractivity contribution >= 4 is 32.8 Å². The molecule has 15 aromatic rings. The van der Waals surface area contributed by atoms with Crippen molar-refractivity contribution in [3.63, 3.8) is 0 Å². The van der Waals surface area contributed by atoms with Crippen LogP contribution in [-0.2, 0) is 5.41 Å². The summed E-state index contributed by atoms with van der Waals surface area (Å²) < 4.78 is 13.8. The summed E-state index contributed by atoms with van der Waals surface area (Å²) in [6, 6.07) is 107. The Hall–Kier alpha value is -11.1. The molecule has 406 valence electrons. The zero-order valence-corrected chi connectivity index (χ0v) is 47.6. The number of aromatic nitrogens is 4. The summed E-state index contributed by atoms with van der Waals surface area (Å²) in [4.78, 5) is 5.19. The predicted molar refractivity (Wildman–Crippen MR) is 352 cm³/mol. The second-order valence-corrected chi connectivity index (χ2v) is 22.9. The number of rotatable bonds is 11. The van der Waals surface area contributed by atoms with Gasteiger partial charge in [-0.05, 0) is 162 Å². The maximum absolute atomic E-state index is 7.00. The van der Waals surface area contributed by atoms with E-state index in [1.807, 2.05) is 12.3 Å². The molecule has 16 rings (SSSR count). The van der Waals surface area contributed by atoms with E-state index in [0.717, 1.165) is 123 Å². The monoisotopic (exact) mass is 1100 g/mol. The Morgan fingerprint density at radius 3 is 1.48 bits per heavy atom.